The number of methoxy groups -OCH3 is 2. The molecular formula is C16H18N2O3. The number of aryl methyl sites for hydroxylation is 1. The monoisotopic (exact) mass is 286 g/mol. The van der Waals surface area contributed by atoms with Gasteiger partial charge in [0.05, 0.1) is 31.2 Å². The molecule has 21 heavy (non-hydrogen) atoms. The fourth-order valence-electron chi connectivity index (χ4n) is 1.96. The van der Waals surface area contributed by atoms with Crippen molar-refractivity contribution in [3.05, 3.63) is 47.5 Å². The molecule has 0 aliphatic heterocycles. The second-order valence-corrected chi connectivity index (χ2v) is 4.61. The molecule has 0 unspecified atom stereocenters. The zero-order valence-corrected chi connectivity index (χ0v) is 12.3. The van der Waals surface area contributed by atoms with Crippen molar-refractivity contribution in [2.75, 3.05) is 25.3 Å². The quantitative estimate of drug-likeness (QED) is 0.848. The summed E-state index contributed by atoms with van der Waals surface area (Å²) >= 11 is 0. The van der Waals surface area contributed by atoms with Crippen LogP contribution in [0.25, 0.3) is 0 Å². The summed E-state index contributed by atoms with van der Waals surface area (Å²) in [5, 5.41) is 2.79. The molecule has 0 aliphatic rings. The molecule has 0 radical (unpaired) electrons. The average Bonchev–Trinajstić information content (AvgIpc) is 2.50. The van der Waals surface area contributed by atoms with Crippen LogP contribution >= 0.6 is 0 Å². The van der Waals surface area contributed by atoms with Crippen molar-refractivity contribution in [2.24, 2.45) is 0 Å². The second kappa shape index (κ2) is 6.17. The molecular weight excluding hydrogens is 268 g/mol. The van der Waals surface area contributed by atoms with E-state index in [1.54, 1.807) is 31.4 Å². The predicted molar refractivity (Wildman–Crippen MR) is 83.1 cm³/mol. The first-order valence-electron chi connectivity index (χ1n) is 6.44. The third kappa shape index (κ3) is 3.25. The molecule has 0 heterocycles. The van der Waals surface area contributed by atoms with Gasteiger partial charge in [-0.25, -0.2) is 0 Å². The van der Waals surface area contributed by atoms with Crippen molar-refractivity contribution in [2.45, 2.75) is 6.92 Å². The Bertz CT molecular complexity index is 669. The van der Waals surface area contributed by atoms with Crippen molar-refractivity contribution < 1.29 is 14.3 Å². The van der Waals surface area contributed by atoms with E-state index in [9.17, 15) is 4.79 Å². The fourth-order valence-corrected chi connectivity index (χ4v) is 1.96. The number of nitrogen functional groups attached to an aromatic ring is 1. The molecule has 0 aliphatic carbocycles. The van der Waals surface area contributed by atoms with Crippen LogP contribution in [-0.2, 0) is 0 Å². The van der Waals surface area contributed by atoms with Gasteiger partial charge in [0, 0.05) is 0 Å². The summed E-state index contributed by atoms with van der Waals surface area (Å²) in [6.45, 7) is 1.93. The summed E-state index contributed by atoms with van der Waals surface area (Å²) in [6.07, 6.45) is 0. The minimum atomic E-state index is -0.303. The van der Waals surface area contributed by atoms with Gasteiger partial charge in [-0.1, -0.05) is 6.07 Å². The van der Waals surface area contributed by atoms with Gasteiger partial charge in [0.1, 0.15) is 11.5 Å². The normalized spacial score (nSPS) is 10.0. The van der Waals surface area contributed by atoms with Gasteiger partial charge in [0.25, 0.3) is 5.91 Å². The van der Waals surface area contributed by atoms with Crippen molar-refractivity contribution >= 4 is 17.3 Å². The maximum atomic E-state index is 12.4. The largest absolute Gasteiger partial charge is 0.497 e. The van der Waals surface area contributed by atoms with Gasteiger partial charge in [-0.05, 0) is 42.8 Å². The van der Waals surface area contributed by atoms with Gasteiger partial charge in [-0.2, -0.15) is 0 Å². The van der Waals surface area contributed by atoms with Gasteiger partial charge >= 0.3 is 0 Å². The van der Waals surface area contributed by atoms with E-state index in [-0.39, 0.29) is 5.91 Å². The first-order valence-corrected chi connectivity index (χ1v) is 6.44. The third-order valence-electron chi connectivity index (χ3n) is 3.11. The molecule has 3 N–H and O–H groups in total. The van der Waals surface area contributed by atoms with Gasteiger partial charge in [0.15, 0.2) is 0 Å². The summed E-state index contributed by atoms with van der Waals surface area (Å²) in [4.78, 5) is 12.4. The van der Waals surface area contributed by atoms with Crippen LogP contribution in [0.3, 0.4) is 0 Å². The van der Waals surface area contributed by atoms with Crippen LogP contribution < -0.4 is 20.5 Å². The Morgan fingerprint density at radius 2 is 1.86 bits per heavy atom. The number of nitrogens with one attached hydrogen (secondary N) is 1. The van der Waals surface area contributed by atoms with Gasteiger partial charge < -0.3 is 20.5 Å². The van der Waals surface area contributed by atoms with E-state index in [4.69, 9.17) is 15.2 Å². The highest BCUT2D eigenvalue weighted by Gasteiger charge is 2.15. The number of anilines is 2. The van der Waals surface area contributed by atoms with Gasteiger partial charge in [0.2, 0.25) is 0 Å². The van der Waals surface area contributed by atoms with E-state index in [1.165, 1.54) is 7.11 Å². The molecule has 0 spiro atoms. The molecule has 0 aromatic heterocycles. The molecule has 0 atom stereocenters. The Morgan fingerprint density at radius 1 is 1.10 bits per heavy atom. The van der Waals surface area contributed by atoms with E-state index in [0.717, 1.165) is 5.56 Å². The molecule has 2 rings (SSSR count). The molecule has 0 saturated heterocycles. The van der Waals surface area contributed by atoms with Crippen LogP contribution in [0, 0.1) is 6.92 Å². The lowest BCUT2D eigenvalue weighted by atomic mass is 10.1. The summed E-state index contributed by atoms with van der Waals surface area (Å²) in [7, 11) is 3.06. The average molecular weight is 286 g/mol. The highest BCUT2D eigenvalue weighted by Crippen LogP contribution is 2.26. The molecule has 2 aromatic carbocycles. The number of hydrogen-bond donors (Lipinski definition) is 2. The number of rotatable bonds is 4. The van der Waals surface area contributed by atoms with Crippen molar-refractivity contribution in [3.63, 3.8) is 0 Å². The standard InChI is InChI=1S/C16H18N2O3/c1-10-4-6-13(17)14(8-10)18-16(19)12-9-11(20-2)5-7-15(12)21-3/h4-9H,17H2,1-3H3,(H,18,19). The van der Waals surface area contributed by atoms with Crippen LogP contribution in [0.1, 0.15) is 15.9 Å². The number of carbonyl (C=O) groups is 1. The Labute approximate surface area is 123 Å². The summed E-state index contributed by atoms with van der Waals surface area (Å²) in [5.74, 6) is 0.751. The molecule has 5 nitrogen and oxygen atoms in total. The van der Waals surface area contributed by atoms with E-state index >= 15 is 0 Å². The number of amides is 1. The summed E-state index contributed by atoms with van der Waals surface area (Å²) < 4.78 is 10.3. The van der Waals surface area contributed by atoms with Crippen LogP contribution in [0.4, 0.5) is 11.4 Å². The number of nitrogens with two attached hydrogens (primary N) is 1. The zero-order chi connectivity index (χ0) is 15.4. The van der Waals surface area contributed by atoms with Crippen LogP contribution in [-0.4, -0.2) is 20.1 Å². The Kier molecular flexibility index (Phi) is 4.33. The van der Waals surface area contributed by atoms with Crippen molar-refractivity contribution in [1.29, 1.82) is 0 Å². The molecule has 110 valence electrons. The van der Waals surface area contributed by atoms with E-state index in [2.05, 4.69) is 5.32 Å². The molecule has 0 bridgehead atoms. The van der Waals surface area contributed by atoms with Crippen molar-refractivity contribution in [1.82, 2.24) is 0 Å². The van der Waals surface area contributed by atoms with Crippen LogP contribution in [0.15, 0.2) is 36.4 Å². The lowest BCUT2D eigenvalue weighted by Gasteiger charge is -2.12. The van der Waals surface area contributed by atoms with E-state index < -0.39 is 0 Å². The van der Waals surface area contributed by atoms with Crippen LogP contribution in [0.2, 0.25) is 0 Å². The van der Waals surface area contributed by atoms with Crippen molar-refractivity contribution in [3.8, 4) is 11.5 Å². The van der Waals surface area contributed by atoms with E-state index in [1.807, 2.05) is 19.1 Å². The summed E-state index contributed by atoms with van der Waals surface area (Å²) in [5.41, 5.74) is 8.35. The Morgan fingerprint density at radius 3 is 2.52 bits per heavy atom. The molecule has 0 fully saturated rings. The molecule has 1 amide bonds. The zero-order valence-electron chi connectivity index (χ0n) is 12.3. The SMILES string of the molecule is COc1ccc(OC)c(C(=O)Nc2cc(C)ccc2N)c1. The van der Waals surface area contributed by atoms with Crippen LogP contribution in [0.5, 0.6) is 11.5 Å². The first kappa shape index (κ1) is 14.7. The minimum Gasteiger partial charge on any atom is -0.497 e. The molecule has 2 aromatic rings. The number of hydrogen-bond acceptors (Lipinski definition) is 4. The van der Waals surface area contributed by atoms with E-state index in [0.29, 0.717) is 28.4 Å². The first-order chi connectivity index (χ1) is 10.0. The molecule has 5 heteroatoms. The third-order valence-corrected chi connectivity index (χ3v) is 3.11. The number of ether oxygens (including phenoxy) is 2. The maximum absolute atomic E-state index is 12.4. The number of benzene rings is 2. The minimum absolute atomic E-state index is 0.303. The van der Waals surface area contributed by atoms with Gasteiger partial charge in [-0.3, -0.25) is 4.79 Å². The highest BCUT2D eigenvalue weighted by molar-refractivity contribution is 6.07. The molecule has 0 saturated carbocycles. The highest BCUT2D eigenvalue weighted by atomic mass is 16.5. The fraction of sp³-hybridized carbons (Fsp3) is 0.188. The Hall–Kier alpha value is -2.69. The lowest BCUT2D eigenvalue weighted by Crippen LogP contribution is -2.14. The Balaban J connectivity index is 2.33. The smallest absolute Gasteiger partial charge is 0.259 e. The van der Waals surface area contributed by atoms with Gasteiger partial charge in [-0.15, -0.1) is 0 Å². The maximum Gasteiger partial charge on any atom is 0.259 e. The second-order valence-electron chi connectivity index (χ2n) is 4.61. The lowest BCUT2D eigenvalue weighted by molar-refractivity contribution is 0.102. The topological polar surface area (TPSA) is 73.6 Å². The predicted octanol–water partition coefficient (Wildman–Crippen LogP) is 2.85. The summed E-state index contributed by atoms with van der Waals surface area (Å²) in [6, 6.07) is 10.5. The number of carbonyl (C=O) groups excluding carboxylic acids is 1.